The second kappa shape index (κ2) is 7.07. The second-order valence-corrected chi connectivity index (χ2v) is 3.92. The number of carboxylic acid groups (broad SMARTS) is 1. The predicted octanol–water partition coefficient (Wildman–Crippen LogP) is -0.489. The molecule has 0 fully saturated rings. The molecule has 1 aromatic heterocycles. The number of amides is 1. The van der Waals surface area contributed by atoms with E-state index in [0.717, 1.165) is 6.07 Å². The van der Waals surface area contributed by atoms with Crippen molar-refractivity contribution in [1.29, 1.82) is 0 Å². The molecule has 1 amide bonds. The van der Waals surface area contributed by atoms with Gasteiger partial charge in [0.1, 0.15) is 6.04 Å². The zero-order chi connectivity index (χ0) is 15.1. The monoisotopic (exact) mass is 282 g/mol. The van der Waals surface area contributed by atoms with Crippen molar-refractivity contribution < 1.29 is 24.2 Å². The van der Waals surface area contributed by atoms with Gasteiger partial charge < -0.3 is 20.1 Å². The maximum absolute atomic E-state index is 11.8. The number of carboxylic acids is 1. The highest BCUT2D eigenvalue weighted by molar-refractivity contribution is 5.96. The first kappa shape index (κ1) is 15.4. The van der Waals surface area contributed by atoms with Crippen molar-refractivity contribution in [3.05, 3.63) is 34.2 Å². The largest absolute Gasteiger partial charge is 0.480 e. The van der Waals surface area contributed by atoms with E-state index in [1.807, 2.05) is 0 Å². The van der Waals surface area contributed by atoms with Crippen LogP contribution in [-0.4, -0.2) is 41.1 Å². The molecule has 1 rings (SSSR count). The molecule has 0 spiro atoms. The van der Waals surface area contributed by atoms with Crippen molar-refractivity contribution in [2.24, 2.45) is 0 Å². The number of methoxy groups -OCH3 is 1. The smallest absolute Gasteiger partial charge is 0.326 e. The number of esters is 1. The van der Waals surface area contributed by atoms with Gasteiger partial charge in [-0.25, -0.2) is 4.79 Å². The molecule has 0 aliphatic carbocycles. The molecular weight excluding hydrogens is 268 g/mol. The summed E-state index contributed by atoms with van der Waals surface area (Å²) in [6, 6.07) is 1.21. The number of aliphatic carboxylic acids is 1. The topological polar surface area (TPSA) is 126 Å². The third-order valence-electron chi connectivity index (χ3n) is 2.51. The molecule has 0 aliphatic rings. The van der Waals surface area contributed by atoms with E-state index in [-0.39, 0.29) is 24.0 Å². The van der Waals surface area contributed by atoms with Crippen molar-refractivity contribution in [1.82, 2.24) is 10.3 Å². The van der Waals surface area contributed by atoms with E-state index in [1.54, 1.807) is 0 Å². The number of hydrogen-bond acceptors (Lipinski definition) is 5. The summed E-state index contributed by atoms with van der Waals surface area (Å²) in [7, 11) is 1.19. The molecule has 0 saturated heterocycles. The van der Waals surface area contributed by atoms with Crippen LogP contribution in [0.5, 0.6) is 0 Å². The summed E-state index contributed by atoms with van der Waals surface area (Å²) in [5.41, 5.74) is -0.254. The molecule has 3 N–H and O–H groups in total. The minimum absolute atomic E-state index is 0.0862. The number of aromatic nitrogens is 1. The lowest BCUT2D eigenvalue weighted by Crippen LogP contribution is -2.41. The van der Waals surface area contributed by atoms with E-state index in [4.69, 9.17) is 5.11 Å². The van der Waals surface area contributed by atoms with Crippen LogP contribution in [0.15, 0.2) is 23.1 Å². The Kier molecular flexibility index (Phi) is 5.45. The molecule has 108 valence electrons. The van der Waals surface area contributed by atoms with Crippen molar-refractivity contribution in [3.8, 4) is 0 Å². The first-order valence-corrected chi connectivity index (χ1v) is 5.73. The molecule has 0 unspecified atom stereocenters. The molecule has 0 bridgehead atoms. The standard InChI is InChI=1S/C12H14N2O6/c1-20-10(16)5-3-8(12(18)19)14-11(17)7-2-4-9(15)13-6-7/h2,4,6,8H,3,5H2,1H3,(H,13,15)(H,14,17)(H,18,19)/t8-/m0/s1. The van der Waals surface area contributed by atoms with E-state index >= 15 is 0 Å². The minimum Gasteiger partial charge on any atom is -0.480 e. The maximum atomic E-state index is 11.8. The van der Waals surface area contributed by atoms with Gasteiger partial charge in [0.2, 0.25) is 5.56 Å². The molecule has 1 atom stereocenters. The lowest BCUT2D eigenvalue weighted by Gasteiger charge is -2.13. The summed E-state index contributed by atoms with van der Waals surface area (Å²) in [5.74, 6) is -2.47. The van der Waals surface area contributed by atoms with Gasteiger partial charge in [-0.05, 0) is 12.5 Å². The Hall–Kier alpha value is -2.64. The van der Waals surface area contributed by atoms with Gasteiger partial charge in [-0.15, -0.1) is 0 Å². The zero-order valence-electron chi connectivity index (χ0n) is 10.7. The molecule has 0 aromatic carbocycles. The SMILES string of the molecule is COC(=O)CC[C@H](NC(=O)c1ccc(=O)[nH]c1)C(=O)O. The lowest BCUT2D eigenvalue weighted by atomic mass is 10.1. The summed E-state index contributed by atoms with van der Waals surface area (Å²) in [4.78, 5) is 46.9. The van der Waals surface area contributed by atoms with Crippen LogP contribution in [0.4, 0.5) is 0 Å². The van der Waals surface area contributed by atoms with Crippen molar-refractivity contribution in [2.45, 2.75) is 18.9 Å². The van der Waals surface area contributed by atoms with Crippen LogP contribution < -0.4 is 10.9 Å². The van der Waals surface area contributed by atoms with Gasteiger partial charge in [0.25, 0.3) is 5.91 Å². The summed E-state index contributed by atoms with van der Waals surface area (Å²) >= 11 is 0. The second-order valence-electron chi connectivity index (χ2n) is 3.92. The molecule has 1 heterocycles. The average Bonchev–Trinajstić information content (AvgIpc) is 2.43. The highest BCUT2D eigenvalue weighted by atomic mass is 16.5. The number of carbonyl (C=O) groups is 3. The minimum atomic E-state index is -1.26. The Bertz CT molecular complexity index is 545. The zero-order valence-corrected chi connectivity index (χ0v) is 10.7. The maximum Gasteiger partial charge on any atom is 0.326 e. The van der Waals surface area contributed by atoms with Crippen LogP contribution in [-0.2, 0) is 14.3 Å². The fourth-order valence-electron chi connectivity index (χ4n) is 1.42. The normalized spacial score (nSPS) is 11.4. The molecular formula is C12H14N2O6. The van der Waals surface area contributed by atoms with Crippen molar-refractivity contribution >= 4 is 17.8 Å². The molecule has 0 saturated carbocycles. The Morgan fingerprint density at radius 2 is 2.10 bits per heavy atom. The number of nitrogens with one attached hydrogen (secondary N) is 2. The third kappa shape index (κ3) is 4.56. The van der Waals surface area contributed by atoms with Crippen LogP contribution in [0.1, 0.15) is 23.2 Å². The number of pyridine rings is 1. The molecule has 8 nitrogen and oxygen atoms in total. The van der Waals surface area contributed by atoms with Gasteiger partial charge in [0, 0.05) is 18.7 Å². The van der Waals surface area contributed by atoms with Gasteiger partial charge in [0.05, 0.1) is 12.7 Å². The fourth-order valence-corrected chi connectivity index (χ4v) is 1.42. The van der Waals surface area contributed by atoms with E-state index in [2.05, 4.69) is 15.0 Å². The molecule has 1 aromatic rings. The number of H-pyrrole nitrogens is 1. The number of hydrogen-bond donors (Lipinski definition) is 3. The number of carbonyl (C=O) groups excluding carboxylic acids is 2. The quantitative estimate of drug-likeness (QED) is 0.604. The lowest BCUT2D eigenvalue weighted by molar-refractivity contribution is -0.142. The summed E-state index contributed by atoms with van der Waals surface area (Å²) in [5, 5.41) is 11.2. The van der Waals surface area contributed by atoms with Gasteiger partial charge >= 0.3 is 11.9 Å². The van der Waals surface area contributed by atoms with Crippen molar-refractivity contribution in [3.63, 3.8) is 0 Å². The van der Waals surface area contributed by atoms with Crippen LogP contribution in [0, 0.1) is 0 Å². The van der Waals surface area contributed by atoms with Crippen molar-refractivity contribution in [2.75, 3.05) is 7.11 Å². The first-order chi connectivity index (χ1) is 9.43. The van der Waals surface area contributed by atoms with E-state index < -0.39 is 23.9 Å². The first-order valence-electron chi connectivity index (χ1n) is 5.73. The fraction of sp³-hybridized carbons (Fsp3) is 0.333. The Morgan fingerprint density at radius 3 is 2.60 bits per heavy atom. The van der Waals surface area contributed by atoms with Crippen LogP contribution in [0.2, 0.25) is 0 Å². The van der Waals surface area contributed by atoms with E-state index in [9.17, 15) is 19.2 Å². The Balaban J connectivity index is 2.67. The molecule has 20 heavy (non-hydrogen) atoms. The summed E-state index contributed by atoms with van der Waals surface area (Å²) in [6.07, 6.45) is 0.966. The van der Waals surface area contributed by atoms with Gasteiger partial charge in [-0.2, -0.15) is 0 Å². The number of rotatable bonds is 6. The van der Waals surface area contributed by atoms with E-state index in [1.165, 1.54) is 19.4 Å². The summed E-state index contributed by atoms with van der Waals surface area (Å²) in [6.45, 7) is 0. The molecule has 0 aliphatic heterocycles. The van der Waals surface area contributed by atoms with Crippen LogP contribution in [0.25, 0.3) is 0 Å². The van der Waals surface area contributed by atoms with E-state index in [0.29, 0.717) is 0 Å². The third-order valence-corrected chi connectivity index (χ3v) is 2.51. The van der Waals surface area contributed by atoms with Gasteiger partial charge in [-0.3, -0.25) is 14.4 Å². The number of ether oxygens (including phenoxy) is 1. The molecule has 8 heteroatoms. The highest BCUT2D eigenvalue weighted by Gasteiger charge is 2.21. The van der Waals surface area contributed by atoms with Crippen LogP contribution >= 0.6 is 0 Å². The summed E-state index contributed by atoms with van der Waals surface area (Å²) < 4.78 is 4.40. The Morgan fingerprint density at radius 1 is 1.40 bits per heavy atom. The van der Waals surface area contributed by atoms with Gasteiger partial charge in [-0.1, -0.05) is 0 Å². The highest BCUT2D eigenvalue weighted by Crippen LogP contribution is 2.02. The van der Waals surface area contributed by atoms with Gasteiger partial charge in [0.15, 0.2) is 0 Å². The van der Waals surface area contributed by atoms with Crippen LogP contribution in [0.3, 0.4) is 0 Å². The Labute approximate surface area is 113 Å². The predicted molar refractivity (Wildman–Crippen MR) is 67.2 cm³/mol. The molecule has 0 radical (unpaired) electrons. The number of aromatic amines is 1. The average molecular weight is 282 g/mol.